The number of rotatable bonds is 6. The lowest BCUT2D eigenvalue weighted by Gasteiger charge is -2.29. The standard InChI is InChI=1S/C21H20N4O4S/c1-28-13-9-7-12(8-10-13)18-17(19(26)29-2)16(22-20(27)25-18)11-30-21-23-14-5-3-4-6-15(14)24-21/h3-10,18H,11H2,1-2H3,(H,23,24)(H2,22,25,27). The SMILES string of the molecule is COC(=O)C1=C(CSc2nc3ccccc3[nH]2)NC(=O)NC1c1ccc(OC)cc1. The number of ether oxygens (including phenoxy) is 2. The molecule has 3 aromatic rings. The number of aromatic nitrogens is 2. The minimum Gasteiger partial charge on any atom is -0.497 e. The molecule has 0 saturated carbocycles. The first-order chi connectivity index (χ1) is 14.6. The van der Waals surface area contributed by atoms with Gasteiger partial charge >= 0.3 is 12.0 Å². The molecule has 8 nitrogen and oxygen atoms in total. The molecular weight excluding hydrogens is 404 g/mol. The topological polar surface area (TPSA) is 105 Å². The fraction of sp³-hybridized carbons (Fsp3) is 0.190. The molecule has 1 aromatic heterocycles. The number of carbonyl (C=O) groups is 2. The normalized spacial score (nSPS) is 16.2. The van der Waals surface area contributed by atoms with Crippen LogP contribution < -0.4 is 15.4 Å². The van der Waals surface area contributed by atoms with Gasteiger partial charge in [0, 0.05) is 11.4 Å². The number of carbonyl (C=O) groups excluding carboxylic acids is 2. The van der Waals surface area contributed by atoms with Crippen molar-refractivity contribution in [3.8, 4) is 5.75 Å². The molecule has 0 radical (unpaired) electrons. The number of urea groups is 1. The highest BCUT2D eigenvalue weighted by molar-refractivity contribution is 7.99. The fourth-order valence-electron chi connectivity index (χ4n) is 3.27. The lowest BCUT2D eigenvalue weighted by molar-refractivity contribution is -0.136. The molecule has 2 aromatic carbocycles. The molecule has 4 rings (SSSR count). The Balaban J connectivity index is 1.66. The van der Waals surface area contributed by atoms with Gasteiger partial charge in [0.1, 0.15) is 5.75 Å². The summed E-state index contributed by atoms with van der Waals surface area (Å²) >= 11 is 1.39. The number of esters is 1. The zero-order valence-electron chi connectivity index (χ0n) is 16.4. The van der Waals surface area contributed by atoms with Crippen LogP contribution in [0.3, 0.4) is 0 Å². The van der Waals surface area contributed by atoms with Crippen LogP contribution in [-0.2, 0) is 9.53 Å². The molecule has 1 unspecified atom stereocenters. The summed E-state index contributed by atoms with van der Waals surface area (Å²) in [5.41, 5.74) is 3.36. The lowest BCUT2D eigenvalue weighted by Crippen LogP contribution is -2.46. The molecule has 0 bridgehead atoms. The number of aromatic amines is 1. The number of nitrogens with zero attached hydrogens (tertiary/aromatic N) is 1. The number of hydrogen-bond donors (Lipinski definition) is 3. The molecule has 0 saturated heterocycles. The van der Waals surface area contributed by atoms with Gasteiger partial charge in [0.05, 0.1) is 36.9 Å². The number of imidazole rings is 1. The summed E-state index contributed by atoms with van der Waals surface area (Å²) in [5.74, 6) is 0.511. The van der Waals surface area contributed by atoms with E-state index in [-0.39, 0.29) is 6.03 Å². The van der Waals surface area contributed by atoms with E-state index in [4.69, 9.17) is 9.47 Å². The number of H-pyrrole nitrogens is 1. The van der Waals surface area contributed by atoms with Gasteiger partial charge in [-0.3, -0.25) is 0 Å². The largest absolute Gasteiger partial charge is 0.497 e. The second-order valence-corrected chi connectivity index (χ2v) is 7.50. The summed E-state index contributed by atoms with van der Waals surface area (Å²) in [6.45, 7) is 0. The van der Waals surface area contributed by atoms with Gasteiger partial charge in [-0.2, -0.15) is 0 Å². The van der Waals surface area contributed by atoms with Gasteiger partial charge in [-0.15, -0.1) is 0 Å². The number of benzene rings is 2. The number of thioether (sulfide) groups is 1. The van der Waals surface area contributed by atoms with Crippen LogP contribution in [0.5, 0.6) is 5.75 Å². The van der Waals surface area contributed by atoms with Crippen molar-refractivity contribution >= 4 is 34.8 Å². The minimum atomic E-state index is -0.636. The first kappa shape index (κ1) is 19.8. The third kappa shape index (κ3) is 3.97. The molecule has 3 N–H and O–H groups in total. The Bertz CT molecular complexity index is 1090. The molecular formula is C21H20N4O4S. The molecule has 2 amide bonds. The predicted molar refractivity (Wildman–Crippen MR) is 113 cm³/mol. The van der Waals surface area contributed by atoms with E-state index in [1.807, 2.05) is 36.4 Å². The van der Waals surface area contributed by atoms with Crippen LogP contribution in [0.1, 0.15) is 11.6 Å². The van der Waals surface area contributed by atoms with Crippen molar-refractivity contribution in [3.63, 3.8) is 0 Å². The maximum atomic E-state index is 12.6. The minimum absolute atomic E-state index is 0.338. The Hall–Kier alpha value is -3.46. The average Bonchev–Trinajstić information content (AvgIpc) is 3.20. The molecule has 1 atom stereocenters. The van der Waals surface area contributed by atoms with Crippen LogP contribution in [0.15, 0.2) is 65.0 Å². The highest BCUT2D eigenvalue weighted by Crippen LogP contribution is 2.31. The Labute approximate surface area is 177 Å². The molecule has 1 aliphatic rings. The molecule has 9 heteroatoms. The monoisotopic (exact) mass is 424 g/mol. The van der Waals surface area contributed by atoms with Crippen LogP contribution in [0, 0.1) is 0 Å². The van der Waals surface area contributed by atoms with E-state index in [0.717, 1.165) is 16.6 Å². The second-order valence-electron chi connectivity index (χ2n) is 6.54. The highest BCUT2D eigenvalue weighted by atomic mass is 32.2. The summed E-state index contributed by atoms with van der Waals surface area (Å²) in [7, 11) is 2.90. The fourth-order valence-corrected chi connectivity index (χ4v) is 4.12. The Morgan fingerprint density at radius 3 is 2.60 bits per heavy atom. The van der Waals surface area contributed by atoms with Crippen molar-refractivity contribution in [2.75, 3.05) is 20.0 Å². The van der Waals surface area contributed by atoms with Crippen molar-refractivity contribution < 1.29 is 19.1 Å². The second kappa shape index (κ2) is 8.50. The van der Waals surface area contributed by atoms with Crippen LogP contribution in [0.25, 0.3) is 11.0 Å². The zero-order chi connectivity index (χ0) is 21.1. The lowest BCUT2D eigenvalue weighted by atomic mass is 9.95. The van der Waals surface area contributed by atoms with Crippen molar-refractivity contribution in [3.05, 3.63) is 65.4 Å². The van der Waals surface area contributed by atoms with Gasteiger partial charge in [-0.25, -0.2) is 14.6 Å². The van der Waals surface area contributed by atoms with E-state index in [1.54, 1.807) is 19.2 Å². The van der Waals surface area contributed by atoms with Gasteiger partial charge < -0.3 is 25.1 Å². The molecule has 30 heavy (non-hydrogen) atoms. The average molecular weight is 424 g/mol. The van der Waals surface area contributed by atoms with Crippen LogP contribution >= 0.6 is 11.8 Å². The summed E-state index contributed by atoms with van der Waals surface area (Å²) in [5, 5.41) is 6.25. The van der Waals surface area contributed by atoms with Crippen molar-refractivity contribution in [1.82, 2.24) is 20.6 Å². The Morgan fingerprint density at radius 1 is 1.13 bits per heavy atom. The smallest absolute Gasteiger partial charge is 0.338 e. The molecule has 154 valence electrons. The van der Waals surface area contributed by atoms with Crippen LogP contribution in [0.2, 0.25) is 0 Å². The van der Waals surface area contributed by atoms with E-state index < -0.39 is 12.0 Å². The van der Waals surface area contributed by atoms with Gasteiger partial charge in [-0.1, -0.05) is 36.0 Å². The number of hydrogen-bond acceptors (Lipinski definition) is 6. The third-order valence-electron chi connectivity index (χ3n) is 4.73. The van der Waals surface area contributed by atoms with Gasteiger partial charge in [0.25, 0.3) is 0 Å². The van der Waals surface area contributed by atoms with E-state index in [9.17, 15) is 9.59 Å². The highest BCUT2D eigenvalue weighted by Gasteiger charge is 2.33. The maximum Gasteiger partial charge on any atom is 0.338 e. The van der Waals surface area contributed by atoms with E-state index >= 15 is 0 Å². The Morgan fingerprint density at radius 2 is 1.90 bits per heavy atom. The van der Waals surface area contributed by atoms with Gasteiger partial charge in [0.15, 0.2) is 5.16 Å². The van der Waals surface area contributed by atoms with E-state index in [1.165, 1.54) is 18.9 Å². The molecule has 2 heterocycles. The van der Waals surface area contributed by atoms with Crippen molar-refractivity contribution in [2.45, 2.75) is 11.2 Å². The third-order valence-corrected chi connectivity index (χ3v) is 5.63. The number of amides is 2. The van der Waals surface area contributed by atoms with Crippen molar-refractivity contribution in [2.24, 2.45) is 0 Å². The molecule has 1 aliphatic heterocycles. The summed E-state index contributed by atoms with van der Waals surface area (Å²) in [6.07, 6.45) is 0. The summed E-state index contributed by atoms with van der Waals surface area (Å²) < 4.78 is 10.2. The van der Waals surface area contributed by atoms with Crippen molar-refractivity contribution in [1.29, 1.82) is 0 Å². The van der Waals surface area contributed by atoms with E-state index in [2.05, 4.69) is 20.6 Å². The number of nitrogens with one attached hydrogen (secondary N) is 3. The first-order valence-corrected chi connectivity index (χ1v) is 10.2. The molecule has 0 spiro atoms. The van der Waals surface area contributed by atoms with Gasteiger partial charge in [-0.05, 0) is 29.8 Å². The predicted octanol–water partition coefficient (Wildman–Crippen LogP) is 3.14. The summed E-state index contributed by atoms with van der Waals surface area (Å²) in [6, 6.07) is 13.9. The van der Waals surface area contributed by atoms with Crippen LogP contribution in [-0.4, -0.2) is 41.9 Å². The van der Waals surface area contributed by atoms with Crippen LogP contribution in [0.4, 0.5) is 4.79 Å². The molecule has 0 fully saturated rings. The van der Waals surface area contributed by atoms with E-state index in [0.29, 0.717) is 27.9 Å². The maximum absolute atomic E-state index is 12.6. The number of methoxy groups -OCH3 is 2. The Kier molecular flexibility index (Phi) is 5.62. The quantitative estimate of drug-likeness (QED) is 0.415. The zero-order valence-corrected chi connectivity index (χ0v) is 17.2. The number of para-hydroxylation sites is 2. The van der Waals surface area contributed by atoms with Gasteiger partial charge in [0.2, 0.25) is 0 Å². The first-order valence-electron chi connectivity index (χ1n) is 9.19. The summed E-state index contributed by atoms with van der Waals surface area (Å²) in [4.78, 5) is 32.7. The number of fused-ring (bicyclic) bond motifs is 1. The molecule has 0 aliphatic carbocycles.